The van der Waals surface area contributed by atoms with Gasteiger partial charge in [-0.25, -0.2) is 4.79 Å². The Bertz CT molecular complexity index is 557. The van der Waals surface area contributed by atoms with Crippen LogP contribution in [0.25, 0.3) is 0 Å². The summed E-state index contributed by atoms with van der Waals surface area (Å²) in [6.07, 6.45) is 4.40. The van der Waals surface area contributed by atoms with Gasteiger partial charge < -0.3 is 11.1 Å². The zero-order valence-electron chi connectivity index (χ0n) is 11.5. The summed E-state index contributed by atoms with van der Waals surface area (Å²) in [7, 11) is 0. The molecule has 2 rings (SSSR count). The molecular weight excluding hydrogens is 244 g/mol. The molecule has 1 aromatic rings. The Kier molecular flexibility index (Phi) is 3.97. The summed E-state index contributed by atoms with van der Waals surface area (Å²) >= 11 is 0. The number of anilines is 2. The first-order valence-electron chi connectivity index (χ1n) is 6.93. The van der Waals surface area contributed by atoms with E-state index < -0.39 is 11.2 Å². The van der Waals surface area contributed by atoms with E-state index in [9.17, 15) is 9.59 Å². The topological polar surface area (TPSA) is 92.9 Å². The molecule has 0 bridgehead atoms. The van der Waals surface area contributed by atoms with Gasteiger partial charge in [0.25, 0.3) is 5.56 Å². The van der Waals surface area contributed by atoms with Gasteiger partial charge in [0.1, 0.15) is 11.5 Å². The van der Waals surface area contributed by atoms with Gasteiger partial charge in [0, 0.05) is 12.6 Å². The second-order valence-electron chi connectivity index (χ2n) is 5.30. The van der Waals surface area contributed by atoms with Crippen LogP contribution in [0.15, 0.2) is 9.59 Å². The second-order valence-corrected chi connectivity index (χ2v) is 5.30. The van der Waals surface area contributed by atoms with Crippen molar-refractivity contribution in [3.63, 3.8) is 0 Å². The Labute approximate surface area is 112 Å². The molecule has 0 amide bonds. The largest absolute Gasteiger partial charge is 0.383 e. The molecule has 19 heavy (non-hydrogen) atoms. The average molecular weight is 266 g/mol. The Hall–Kier alpha value is -1.72. The maximum absolute atomic E-state index is 11.9. The lowest BCUT2D eigenvalue weighted by molar-refractivity contribution is 0.285. The Morgan fingerprint density at radius 1 is 1.47 bits per heavy atom. The number of nitrogens with zero attached hydrogens (tertiary/aromatic N) is 1. The minimum atomic E-state index is -0.439. The highest BCUT2D eigenvalue weighted by atomic mass is 16.2. The molecule has 1 fully saturated rings. The first kappa shape index (κ1) is 13.7. The zero-order valence-corrected chi connectivity index (χ0v) is 11.5. The van der Waals surface area contributed by atoms with Gasteiger partial charge in [0.2, 0.25) is 0 Å². The van der Waals surface area contributed by atoms with Crippen LogP contribution < -0.4 is 22.3 Å². The molecule has 0 saturated heterocycles. The van der Waals surface area contributed by atoms with Crippen LogP contribution in [-0.4, -0.2) is 15.6 Å². The summed E-state index contributed by atoms with van der Waals surface area (Å²) in [5.41, 5.74) is 5.42. The summed E-state index contributed by atoms with van der Waals surface area (Å²) < 4.78 is 1.41. The van der Waals surface area contributed by atoms with Crippen molar-refractivity contribution in [1.82, 2.24) is 9.55 Å². The molecule has 1 aliphatic rings. The Morgan fingerprint density at radius 2 is 2.16 bits per heavy atom. The molecule has 1 aromatic heterocycles. The van der Waals surface area contributed by atoms with Gasteiger partial charge in [-0.1, -0.05) is 13.3 Å². The maximum Gasteiger partial charge on any atom is 0.330 e. The predicted molar refractivity (Wildman–Crippen MR) is 76.5 cm³/mol. The van der Waals surface area contributed by atoms with Crippen molar-refractivity contribution in [2.75, 3.05) is 11.1 Å². The van der Waals surface area contributed by atoms with E-state index in [1.54, 1.807) is 0 Å². The molecule has 1 unspecified atom stereocenters. The van der Waals surface area contributed by atoms with Crippen LogP contribution in [0.5, 0.6) is 0 Å². The van der Waals surface area contributed by atoms with Crippen molar-refractivity contribution in [3.05, 3.63) is 20.8 Å². The Balaban J connectivity index is 2.30. The number of nitrogens with two attached hydrogens (primary N) is 1. The molecule has 4 N–H and O–H groups in total. The van der Waals surface area contributed by atoms with Crippen LogP contribution in [-0.2, 0) is 6.54 Å². The number of hydrogen-bond acceptors (Lipinski definition) is 4. The van der Waals surface area contributed by atoms with Crippen molar-refractivity contribution in [2.24, 2.45) is 5.92 Å². The van der Waals surface area contributed by atoms with Gasteiger partial charge >= 0.3 is 5.69 Å². The molecular formula is C13H22N4O2. The van der Waals surface area contributed by atoms with E-state index in [-0.39, 0.29) is 11.9 Å². The second kappa shape index (κ2) is 5.50. The molecule has 0 aliphatic heterocycles. The minimum absolute atomic E-state index is 0.199. The highest BCUT2D eigenvalue weighted by Gasteiger charge is 2.25. The maximum atomic E-state index is 11.9. The third-order valence-corrected chi connectivity index (χ3v) is 3.92. The van der Waals surface area contributed by atoms with Gasteiger partial charge in [0.15, 0.2) is 0 Å². The first-order chi connectivity index (χ1) is 9.04. The average Bonchev–Trinajstić information content (AvgIpc) is 2.27. The molecule has 0 aromatic carbocycles. The fourth-order valence-corrected chi connectivity index (χ4v) is 2.46. The number of aromatic amines is 1. The molecule has 1 aliphatic carbocycles. The molecule has 1 atom stereocenters. The van der Waals surface area contributed by atoms with E-state index in [2.05, 4.69) is 17.2 Å². The number of nitrogen functional groups attached to an aromatic ring is 1. The van der Waals surface area contributed by atoms with Crippen LogP contribution >= 0.6 is 0 Å². The smallest absolute Gasteiger partial charge is 0.330 e. The molecule has 6 heteroatoms. The number of rotatable bonds is 5. The third-order valence-electron chi connectivity index (χ3n) is 3.92. The SMILES string of the molecule is CCCn1c(N)c(NC(C)C2CCC2)c(=O)[nH]c1=O. The number of aromatic nitrogens is 2. The standard InChI is InChI=1S/C13H22N4O2/c1-3-7-17-11(14)10(12(18)16-13(17)19)15-8(2)9-5-4-6-9/h8-9,15H,3-7,14H2,1-2H3,(H,16,18,19). The van der Waals surface area contributed by atoms with Crippen LogP contribution in [0.2, 0.25) is 0 Å². The van der Waals surface area contributed by atoms with E-state index in [1.165, 1.54) is 23.8 Å². The molecule has 106 valence electrons. The highest BCUT2D eigenvalue weighted by Crippen LogP contribution is 2.31. The number of hydrogen-bond donors (Lipinski definition) is 3. The lowest BCUT2D eigenvalue weighted by atomic mass is 9.80. The van der Waals surface area contributed by atoms with Crippen LogP contribution in [0.4, 0.5) is 11.5 Å². The van der Waals surface area contributed by atoms with Crippen LogP contribution in [0.3, 0.4) is 0 Å². The summed E-state index contributed by atoms with van der Waals surface area (Å²) in [5.74, 6) is 0.826. The van der Waals surface area contributed by atoms with Crippen molar-refractivity contribution >= 4 is 11.5 Å². The van der Waals surface area contributed by atoms with E-state index in [1.807, 2.05) is 6.92 Å². The minimum Gasteiger partial charge on any atom is -0.383 e. The van der Waals surface area contributed by atoms with E-state index in [4.69, 9.17) is 5.73 Å². The van der Waals surface area contributed by atoms with Crippen molar-refractivity contribution in [3.8, 4) is 0 Å². The zero-order chi connectivity index (χ0) is 14.0. The fraction of sp³-hybridized carbons (Fsp3) is 0.692. The van der Waals surface area contributed by atoms with Gasteiger partial charge in [-0.15, -0.1) is 0 Å². The highest BCUT2D eigenvalue weighted by molar-refractivity contribution is 5.60. The summed E-state index contributed by atoms with van der Waals surface area (Å²) in [5, 5.41) is 3.18. The molecule has 6 nitrogen and oxygen atoms in total. The normalized spacial score (nSPS) is 16.9. The lowest BCUT2D eigenvalue weighted by Gasteiger charge is -2.32. The van der Waals surface area contributed by atoms with Gasteiger partial charge in [-0.3, -0.25) is 14.3 Å². The van der Waals surface area contributed by atoms with Gasteiger partial charge in [-0.05, 0) is 32.1 Å². The number of H-pyrrole nitrogens is 1. The lowest BCUT2D eigenvalue weighted by Crippen LogP contribution is -2.38. The van der Waals surface area contributed by atoms with Crippen LogP contribution in [0.1, 0.15) is 39.5 Å². The molecule has 0 spiro atoms. The van der Waals surface area contributed by atoms with E-state index >= 15 is 0 Å². The molecule has 1 heterocycles. The summed E-state index contributed by atoms with van der Waals surface area (Å²) in [6.45, 7) is 4.52. The Morgan fingerprint density at radius 3 is 2.68 bits per heavy atom. The van der Waals surface area contributed by atoms with Crippen molar-refractivity contribution in [2.45, 2.75) is 52.1 Å². The van der Waals surface area contributed by atoms with E-state index in [0.717, 1.165) is 6.42 Å². The monoisotopic (exact) mass is 266 g/mol. The first-order valence-corrected chi connectivity index (χ1v) is 6.93. The quantitative estimate of drug-likeness (QED) is 0.744. The van der Waals surface area contributed by atoms with Crippen LogP contribution in [0, 0.1) is 5.92 Å². The van der Waals surface area contributed by atoms with Gasteiger partial charge in [-0.2, -0.15) is 0 Å². The summed E-state index contributed by atoms with van der Waals surface area (Å²) in [6, 6.07) is 0.199. The third kappa shape index (κ3) is 2.67. The fourth-order valence-electron chi connectivity index (χ4n) is 2.46. The van der Waals surface area contributed by atoms with Gasteiger partial charge in [0.05, 0.1) is 0 Å². The van der Waals surface area contributed by atoms with Crippen molar-refractivity contribution in [1.29, 1.82) is 0 Å². The van der Waals surface area contributed by atoms with E-state index in [0.29, 0.717) is 18.2 Å². The predicted octanol–water partition coefficient (Wildman–Crippen LogP) is 1.13. The number of nitrogens with one attached hydrogen (secondary N) is 2. The molecule has 1 saturated carbocycles. The van der Waals surface area contributed by atoms with Crippen molar-refractivity contribution < 1.29 is 0 Å². The summed E-state index contributed by atoms with van der Waals surface area (Å²) in [4.78, 5) is 25.9. The molecule has 0 radical (unpaired) electrons.